The van der Waals surface area contributed by atoms with Crippen LogP contribution in [0.2, 0.25) is 0 Å². The number of ether oxygens (including phenoxy) is 1. The number of aliphatic hydroxyl groups excluding tert-OH is 2. The van der Waals surface area contributed by atoms with Crippen LogP contribution >= 0.6 is 0 Å². The lowest BCUT2D eigenvalue weighted by molar-refractivity contribution is -0.137. The molecule has 3 N–H and O–H groups in total. The lowest BCUT2D eigenvalue weighted by Crippen LogP contribution is -2.45. The van der Waals surface area contributed by atoms with Gasteiger partial charge in [-0.2, -0.15) is 0 Å². The molecule has 29 heavy (non-hydrogen) atoms. The van der Waals surface area contributed by atoms with Crippen LogP contribution in [0.1, 0.15) is 31.2 Å². The number of hydrogen-bond acceptors (Lipinski definition) is 5. The molecule has 2 amide bonds. The van der Waals surface area contributed by atoms with Crippen molar-refractivity contribution in [1.82, 2.24) is 10.2 Å². The highest BCUT2D eigenvalue weighted by atomic mass is 16.5. The normalized spacial score (nSPS) is 18.3. The van der Waals surface area contributed by atoms with Crippen LogP contribution in [0.5, 0.6) is 0 Å². The first-order valence-corrected chi connectivity index (χ1v) is 10.1. The Kier molecular flexibility index (Phi) is 9.83. The maximum Gasteiger partial charge on any atom is 0.224 e. The molecule has 0 radical (unpaired) electrons. The fraction of sp³-hybridized carbons (Fsp3) is 0.545. The molecular weight excluding hydrogens is 372 g/mol. The summed E-state index contributed by atoms with van der Waals surface area (Å²) >= 11 is 0. The minimum Gasteiger partial charge on any atom is -0.394 e. The van der Waals surface area contributed by atoms with Crippen LogP contribution in [0.4, 0.5) is 0 Å². The molecule has 1 aromatic carbocycles. The van der Waals surface area contributed by atoms with Crippen LogP contribution in [0, 0.1) is 5.92 Å². The Morgan fingerprint density at radius 1 is 1.31 bits per heavy atom. The fourth-order valence-corrected chi connectivity index (χ4v) is 3.52. The molecule has 1 saturated heterocycles. The molecule has 160 valence electrons. The van der Waals surface area contributed by atoms with Gasteiger partial charge in [0.05, 0.1) is 44.4 Å². The number of hydrogen-bond donors (Lipinski definition) is 3. The van der Waals surface area contributed by atoms with E-state index in [2.05, 4.69) is 11.9 Å². The minimum absolute atomic E-state index is 0.0530. The Bertz CT molecular complexity index is 652. The van der Waals surface area contributed by atoms with Crippen LogP contribution in [0.15, 0.2) is 43.0 Å². The van der Waals surface area contributed by atoms with Crippen molar-refractivity contribution in [2.24, 2.45) is 5.92 Å². The lowest BCUT2D eigenvalue weighted by Gasteiger charge is -2.26. The van der Waals surface area contributed by atoms with Gasteiger partial charge in [-0.05, 0) is 24.8 Å². The van der Waals surface area contributed by atoms with Crippen molar-refractivity contribution in [3.63, 3.8) is 0 Å². The van der Waals surface area contributed by atoms with Gasteiger partial charge < -0.3 is 25.2 Å². The van der Waals surface area contributed by atoms with Crippen molar-refractivity contribution < 1.29 is 24.5 Å². The molecule has 0 aromatic heterocycles. The van der Waals surface area contributed by atoms with Crippen LogP contribution in [-0.2, 0) is 20.9 Å². The number of carbonyl (C=O) groups is 2. The quantitative estimate of drug-likeness (QED) is 0.456. The molecule has 1 heterocycles. The van der Waals surface area contributed by atoms with Crippen molar-refractivity contribution in [2.45, 2.75) is 44.4 Å². The SMILES string of the molecule is C=CCC(CC(=O)N1CCCC1CO)C(=O)NC(CO)COCc1ccccc1. The smallest absolute Gasteiger partial charge is 0.224 e. The Morgan fingerprint density at radius 3 is 2.72 bits per heavy atom. The number of benzene rings is 1. The molecule has 7 heteroatoms. The first-order valence-electron chi connectivity index (χ1n) is 10.1. The van der Waals surface area contributed by atoms with Gasteiger partial charge in [-0.25, -0.2) is 0 Å². The van der Waals surface area contributed by atoms with E-state index in [-0.39, 0.29) is 44.1 Å². The Morgan fingerprint density at radius 2 is 2.07 bits per heavy atom. The van der Waals surface area contributed by atoms with Gasteiger partial charge in [-0.15, -0.1) is 6.58 Å². The highest BCUT2D eigenvalue weighted by molar-refractivity contribution is 5.86. The summed E-state index contributed by atoms with van der Waals surface area (Å²) in [5.41, 5.74) is 1.01. The number of allylic oxidation sites excluding steroid dienone is 1. The topological polar surface area (TPSA) is 99.1 Å². The van der Waals surface area contributed by atoms with E-state index >= 15 is 0 Å². The summed E-state index contributed by atoms with van der Waals surface area (Å²) in [5, 5.41) is 21.8. The van der Waals surface area contributed by atoms with Crippen LogP contribution < -0.4 is 5.32 Å². The van der Waals surface area contributed by atoms with Gasteiger partial charge in [0, 0.05) is 13.0 Å². The van der Waals surface area contributed by atoms with Crippen LogP contribution in [-0.4, -0.2) is 65.4 Å². The summed E-state index contributed by atoms with van der Waals surface area (Å²) in [4.78, 5) is 27.0. The van der Waals surface area contributed by atoms with Crippen LogP contribution in [0.3, 0.4) is 0 Å². The fourth-order valence-electron chi connectivity index (χ4n) is 3.52. The number of rotatable bonds is 12. The Hall–Kier alpha value is -2.22. The molecule has 2 rings (SSSR count). The van der Waals surface area contributed by atoms with Crippen molar-refractivity contribution >= 4 is 11.8 Å². The predicted molar refractivity (Wildman–Crippen MR) is 110 cm³/mol. The molecule has 0 spiro atoms. The van der Waals surface area contributed by atoms with Gasteiger partial charge in [-0.3, -0.25) is 9.59 Å². The zero-order valence-corrected chi connectivity index (χ0v) is 16.8. The highest BCUT2D eigenvalue weighted by Gasteiger charge is 2.31. The van der Waals surface area contributed by atoms with Gasteiger partial charge in [0.15, 0.2) is 0 Å². The van der Waals surface area contributed by atoms with Gasteiger partial charge >= 0.3 is 0 Å². The van der Waals surface area contributed by atoms with Gasteiger partial charge in [0.2, 0.25) is 11.8 Å². The van der Waals surface area contributed by atoms with E-state index < -0.39 is 12.0 Å². The monoisotopic (exact) mass is 404 g/mol. The summed E-state index contributed by atoms with van der Waals surface area (Å²) in [6.07, 6.45) is 3.67. The summed E-state index contributed by atoms with van der Waals surface area (Å²) < 4.78 is 5.61. The molecule has 1 aromatic rings. The summed E-state index contributed by atoms with van der Waals surface area (Å²) in [5.74, 6) is -1.01. The number of nitrogens with one attached hydrogen (secondary N) is 1. The predicted octanol–water partition coefficient (Wildman–Crippen LogP) is 1.25. The molecular formula is C22H32N2O5. The number of nitrogens with zero attached hydrogens (tertiary/aromatic N) is 1. The molecule has 7 nitrogen and oxygen atoms in total. The summed E-state index contributed by atoms with van der Waals surface area (Å²) in [7, 11) is 0. The first-order chi connectivity index (χ1) is 14.1. The summed E-state index contributed by atoms with van der Waals surface area (Å²) in [6, 6.07) is 8.93. The zero-order chi connectivity index (χ0) is 21.1. The molecule has 1 fully saturated rings. The number of likely N-dealkylation sites (tertiary alicyclic amines) is 1. The number of carbonyl (C=O) groups excluding carboxylic acids is 2. The van der Waals surface area contributed by atoms with Crippen molar-refractivity contribution in [3.05, 3.63) is 48.6 Å². The largest absolute Gasteiger partial charge is 0.394 e. The van der Waals surface area contributed by atoms with E-state index in [9.17, 15) is 19.8 Å². The molecule has 0 saturated carbocycles. The average molecular weight is 405 g/mol. The Balaban J connectivity index is 1.85. The Labute approximate surface area is 172 Å². The molecule has 1 aliphatic rings. The average Bonchev–Trinajstić information content (AvgIpc) is 3.22. The third-order valence-corrected chi connectivity index (χ3v) is 5.15. The minimum atomic E-state index is -0.567. The molecule has 3 atom stereocenters. The molecule has 0 aliphatic carbocycles. The first kappa shape index (κ1) is 23.1. The maximum absolute atomic E-state index is 12.7. The van der Waals surface area contributed by atoms with Crippen molar-refractivity contribution in [2.75, 3.05) is 26.4 Å². The van der Waals surface area contributed by atoms with E-state index in [1.54, 1.807) is 11.0 Å². The van der Waals surface area contributed by atoms with Crippen molar-refractivity contribution in [3.8, 4) is 0 Å². The van der Waals surface area contributed by atoms with E-state index in [0.29, 0.717) is 19.6 Å². The van der Waals surface area contributed by atoms with E-state index in [1.807, 2.05) is 30.3 Å². The summed E-state index contributed by atoms with van der Waals surface area (Å²) in [6.45, 7) is 4.54. The van der Waals surface area contributed by atoms with E-state index in [0.717, 1.165) is 18.4 Å². The second-order valence-electron chi connectivity index (χ2n) is 7.38. The van der Waals surface area contributed by atoms with Gasteiger partial charge in [-0.1, -0.05) is 36.4 Å². The molecule has 1 aliphatic heterocycles. The third kappa shape index (κ3) is 7.27. The second-order valence-corrected chi connectivity index (χ2v) is 7.38. The standard InChI is InChI=1S/C22H32N2O5/c1-2-7-18(12-21(27)24-11-6-10-20(24)14-26)22(28)23-19(13-25)16-29-15-17-8-4-3-5-9-17/h2-5,8-9,18-20,25-26H,1,6-7,10-16H2,(H,23,28). The number of amides is 2. The van der Waals surface area contributed by atoms with E-state index in [1.165, 1.54) is 0 Å². The lowest BCUT2D eigenvalue weighted by atomic mass is 9.98. The number of aliphatic hydroxyl groups is 2. The maximum atomic E-state index is 12.7. The van der Waals surface area contributed by atoms with Crippen molar-refractivity contribution in [1.29, 1.82) is 0 Å². The molecule has 0 bridgehead atoms. The second kappa shape index (κ2) is 12.4. The van der Waals surface area contributed by atoms with Gasteiger partial charge in [0.1, 0.15) is 0 Å². The van der Waals surface area contributed by atoms with E-state index in [4.69, 9.17) is 4.74 Å². The zero-order valence-electron chi connectivity index (χ0n) is 16.8. The third-order valence-electron chi connectivity index (χ3n) is 5.15. The highest BCUT2D eigenvalue weighted by Crippen LogP contribution is 2.21. The van der Waals surface area contributed by atoms with Crippen LogP contribution in [0.25, 0.3) is 0 Å². The molecule has 3 unspecified atom stereocenters. The van der Waals surface area contributed by atoms with Gasteiger partial charge in [0.25, 0.3) is 0 Å².